The van der Waals surface area contributed by atoms with Crippen LogP contribution in [-0.2, 0) is 4.79 Å². The number of methoxy groups -OCH3 is 2. The van der Waals surface area contributed by atoms with Gasteiger partial charge in [-0.1, -0.05) is 55.8 Å². The summed E-state index contributed by atoms with van der Waals surface area (Å²) in [6.07, 6.45) is 1.34. The Morgan fingerprint density at radius 2 is 1.81 bits per heavy atom. The van der Waals surface area contributed by atoms with Gasteiger partial charge in [-0.25, -0.2) is 0 Å². The van der Waals surface area contributed by atoms with Gasteiger partial charge < -0.3 is 14.8 Å². The van der Waals surface area contributed by atoms with Crippen molar-refractivity contribution in [3.8, 4) is 11.5 Å². The number of fused-ring (bicyclic) bond motifs is 3. The maximum absolute atomic E-state index is 13.5. The number of carbonyl (C=O) groups excluding carboxylic acids is 1. The maximum Gasteiger partial charge on any atom is 0.179 e. The van der Waals surface area contributed by atoms with Crippen molar-refractivity contribution in [3.05, 3.63) is 76.0 Å². The maximum atomic E-state index is 13.5. The van der Waals surface area contributed by atoms with Crippen LogP contribution in [0.3, 0.4) is 0 Å². The normalized spacial score (nSPS) is 19.3. The molecule has 0 saturated heterocycles. The Bertz CT molecular complexity index is 1290. The number of ketones is 1. The Morgan fingerprint density at radius 3 is 2.56 bits per heavy atom. The fraction of sp³-hybridized carbons (Fsp3) is 0.296. The molecule has 32 heavy (non-hydrogen) atoms. The van der Waals surface area contributed by atoms with Crippen molar-refractivity contribution < 1.29 is 14.3 Å². The van der Waals surface area contributed by atoms with Crippen LogP contribution in [0, 0.1) is 5.41 Å². The Hall–Kier alpha value is -2.98. The number of benzene rings is 3. The van der Waals surface area contributed by atoms with Crippen molar-refractivity contribution in [2.24, 2.45) is 5.41 Å². The molecule has 1 unspecified atom stereocenters. The Morgan fingerprint density at radius 1 is 1.03 bits per heavy atom. The van der Waals surface area contributed by atoms with E-state index >= 15 is 0 Å². The van der Waals surface area contributed by atoms with Crippen molar-refractivity contribution in [2.75, 3.05) is 19.5 Å². The molecule has 0 bridgehead atoms. The molecule has 1 aliphatic heterocycles. The fourth-order valence-electron chi connectivity index (χ4n) is 5.24. The summed E-state index contributed by atoms with van der Waals surface area (Å²) in [7, 11) is 3.17. The van der Waals surface area contributed by atoms with E-state index in [2.05, 4.69) is 43.4 Å². The first kappa shape index (κ1) is 20.9. The number of rotatable bonds is 3. The van der Waals surface area contributed by atoms with Gasteiger partial charge >= 0.3 is 0 Å². The highest BCUT2D eigenvalue weighted by molar-refractivity contribution is 6.32. The first-order chi connectivity index (χ1) is 15.3. The van der Waals surface area contributed by atoms with Gasteiger partial charge in [0.2, 0.25) is 0 Å². The van der Waals surface area contributed by atoms with Gasteiger partial charge in [0.25, 0.3) is 0 Å². The molecule has 0 saturated carbocycles. The van der Waals surface area contributed by atoms with Gasteiger partial charge in [0.05, 0.1) is 19.2 Å². The molecule has 2 aliphatic rings. The van der Waals surface area contributed by atoms with E-state index in [0.29, 0.717) is 22.9 Å². The highest BCUT2D eigenvalue weighted by Crippen LogP contribution is 2.52. The number of halogens is 1. The third-order valence-corrected chi connectivity index (χ3v) is 6.82. The van der Waals surface area contributed by atoms with Crippen LogP contribution < -0.4 is 14.8 Å². The van der Waals surface area contributed by atoms with Gasteiger partial charge in [-0.05, 0) is 51.9 Å². The Labute approximate surface area is 193 Å². The number of ether oxygens (including phenoxy) is 2. The minimum absolute atomic E-state index is 0.0862. The van der Waals surface area contributed by atoms with E-state index in [0.717, 1.165) is 45.3 Å². The number of nitrogens with one attached hydrogen (secondary N) is 1. The van der Waals surface area contributed by atoms with Crippen molar-refractivity contribution >= 4 is 33.8 Å². The van der Waals surface area contributed by atoms with Crippen molar-refractivity contribution in [2.45, 2.75) is 32.6 Å². The zero-order valence-electron chi connectivity index (χ0n) is 18.7. The second-order valence-electron chi connectivity index (χ2n) is 9.38. The van der Waals surface area contributed by atoms with Crippen LogP contribution in [0.15, 0.2) is 59.8 Å². The molecule has 5 heteroatoms. The molecule has 0 amide bonds. The van der Waals surface area contributed by atoms with Crippen LogP contribution >= 0.6 is 11.6 Å². The summed E-state index contributed by atoms with van der Waals surface area (Å²) in [5.74, 6) is 0.989. The predicted octanol–water partition coefficient (Wildman–Crippen LogP) is 6.71. The molecular weight excluding hydrogens is 422 g/mol. The fourth-order valence-corrected chi connectivity index (χ4v) is 5.54. The highest BCUT2D eigenvalue weighted by Gasteiger charge is 2.41. The van der Waals surface area contributed by atoms with Crippen LogP contribution in [-0.4, -0.2) is 20.0 Å². The summed E-state index contributed by atoms with van der Waals surface area (Å²) in [5.41, 5.74) is 4.80. The first-order valence-corrected chi connectivity index (χ1v) is 11.2. The molecule has 0 fully saturated rings. The van der Waals surface area contributed by atoms with E-state index in [4.69, 9.17) is 21.1 Å². The van der Waals surface area contributed by atoms with Gasteiger partial charge in [0.1, 0.15) is 0 Å². The molecule has 1 N–H and O–H groups in total. The van der Waals surface area contributed by atoms with E-state index in [1.54, 1.807) is 14.2 Å². The topological polar surface area (TPSA) is 47.6 Å². The molecule has 0 spiro atoms. The van der Waals surface area contributed by atoms with Crippen molar-refractivity contribution in [3.63, 3.8) is 0 Å². The molecule has 5 rings (SSSR count). The second-order valence-corrected chi connectivity index (χ2v) is 9.78. The lowest BCUT2D eigenvalue weighted by atomic mass is 9.68. The molecule has 1 aliphatic carbocycles. The molecule has 0 aromatic heterocycles. The minimum atomic E-state index is -0.242. The number of hydrogen-bond donors (Lipinski definition) is 1. The smallest absolute Gasteiger partial charge is 0.179 e. The average Bonchev–Trinajstić information content (AvgIpc) is 2.76. The third kappa shape index (κ3) is 3.25. The zero-order valence-corrected chi connectivity index (χ0v) is 19.5. The number of allylic oxidation sites excluding steroid dienone is 2. The molecule has 3 aromatic carbocycles. The molecule has 1 atom stereocenters. The molecule has 0 radical (unpaired) electrons. The minimum Gasteiger partial charge on any atom is -0.493 e. The number of hydrogen-bond acceptors (Lipinski definition) is 4. The lowest BCUT2D eigenvalue weighted by Crippen LogP contribution is -2.33. The average molecular weight is 448 g/mol. The molecule has 1 heterocycles. The predicted molar refractivity (Wildman–Crippen MR) is 129 cm³/mol. The van der Waals surface area contributed by atoms with Crippen molar-refractivity contribution in [1.82, 2.24) is 0 Å². The molecule has 4 nitrogen and oxygen atoms in total. The van der Waals surface area contributed by atoms with Crippen LogP contribution in [0.2, 0.25) is 5.02 Å². The molecular formula is C27H26ClNO3. The van der Waals surface area contributed by atoms with Gasteiger partial charge in [-0.2, -0.15) is 0 Å². The summed E-state index contributed by atoms with van der Waals surface area (Å²) in [6.45, 7) is 4.29. The van der Waals surface area contributed by atoms with Gasteiger partial charge in [-0.3, -0.25) is 4.79 Å². The quantitative estimate of drug-likeness (QED) is 0.484. The lowest BCUT2D eigenvalue weighted by molar-refractivity contribution is -0.118. The number of anilines is 1. The Balaban J connectivity index is 1.83. The summed E-state index contributed by atoms with van der Waals surface area (Å²) in [4.78, 5) is 13.5. The molecule has 3 aromatic rings. The monoisotopic (exact) mass is 447 g/mol. The van der Waals surface area contributed by atoms with Gasteiger partial charge in [0, 0.05) is 29.3 Å². The summed E-state index contributed by atoms with van der Waals surface area (Å²) < 4.78 is 11.0. The van der Waals surface area contributed by atoms with E-state index in [9.17, 15) is 4.79 Å². The van der Waals surface area contributed by atoms with Crippen LogP contribution in [0.4, 0.5) is 5.69 Å². The van der Waals surface area contributed by atoms with E-state index in [1.165, 1.54) is 0 Å². The standard InChI is InChI=1S/C27H26ClNO3/c1-27(2)13-20-25(21(30)14-27)23(16-11-18(28)26(32-4)22(12-16)31-3)24-17-8-6-5-7-15(17)9-10-19(24)29-20/h5-12,23,29H,13-14H2,1-4H3. The third-order valence-electron chi connectivity index (χ3n) is 6.54. The largest absolute Gasteiger partial charge is 0.493 e. The van der Waals surface area contributed by atoms with Crippen LogP contribution in [0.25, 0.3) is 10.8 Å². The lowest BCUT2D eigenvalue weighted by Gasteiger charge is -2.40. The van der Waals surface area contributed by atoms with Crippen LogP contribution in [0.1, 0.15) is 43.7 Å². The van der Waals surface area contributed by atoms with Gasteiger partial charge in [0.15, 0.2) is 17.3 Å². The SMILES string of the molecule is COc1cc(C2C3=C(CC(C)(C)CC3=O)Nc3ccc4ccccc4c32)cc(Cl)c1OC. The van der Waals surface area contributed by atoms with Crippen LogP contribution in [0.5, 0.6) is 11.5 Å². The second kappa shape index (κ2) is 7.56. The Kier molecular flexibility index (Phi) is 4.94. The summed E-state index contributed by atoms with van der Waals surface area (Å²) in [5, 5.41) is 6.34. The van der Waals surface area contributed by atoms with E-state index in [1.807, 2.05) is 24.3 Å². The molecule has 164 valence electrons. The summed E-state index contributed by atoms with van der Waals surface area (Å²) in [6, 6.07) is 16.4. The van der Waals surface area contributed by atoms with Gasteiger partial charge in [-0.15, -0.1) is 0 Å². The van der Waals surface area contributed by atoms with E-state index < -0.39 is 0 Å². The summed E-state index contributed by atoms with van der Waals surface area (Å²) >= 11 is 6.61. The highest BCUT2D eigenvalue weighted by atomic mass is 35.5. The number of Topliss-reactive ketones (excluding diaryl/α,β-unsaturated/α-hetero) is 1. The first-order valence-electron chi connectivity index (χ1n) is 10.8. The zero-order chi connectivity index (χ0) is 22.6. The van der Waals surface area contributed by atoms with Crippen molar-refractivity contribution in [1.29, 1.82) is 0 Å². The number of carbonyl (C=O) groups is 1. The van der Waals surface area contributed by atoms with E-state index in [-0.39, 0.29) is 17.1 Å².